The second-order valence-corrected chi connectivity index (χ2v) is 5.92. The third-order valence-electron chi connectivity index (χ3n) is 3.90. The van der Waals surface area contributed by atoms with Gasteiger partial charge in [-0.2, -0.15) is 13.2 Å². The average Bonchev–Trinajstić information content (AvgIpc) is 2.56. The molecule has 0 aliphatic heterocycles. The van der Waals surface area contributed by atoms with Crippen molar-refractivity contribution in [2.45, 2.75) is 33.0 Å². The maximum atomic E-state index is 13.0. The van der Waals surface area contributed by atoms with Gasteiger partial charge in [0.05, 0.1) is 11.1 Å². The van der Waals surface area contributed by atoms with E-state index >= 15 is 0 Å². The lowest BCUT2D eigenvalue weighted by Crippen LogP contribution is -2.30. The molecule has 0 fully saturated rings. The quantitative estimate of drug-likeness (QED) is 0.804. The Bertz CT molecular complexity index is 724. The fourth-order valence-corrected chi connectivity index (χ4v) is 2.71. The van der Waals surface area contributed by atoms with Crippen LogP contribution in [0.3, 0.4) is 0 Å². The van der Waals surface area contributed by atoms with Gasteiger partial charge in [-0.3, -0.25) is 4.79 Å². The summed E-state index contributed by atoms with van der Waals surface area (Å²) in [4.78, 5) is 14.4. The number of alkyl halides is 3. The van der Waals surface area contributed by atoms with Crippen LogP contribution in [0.25, 0.3) is 0 Å². The van der Waals surface area contributed by atoms with E-state index in [2.05, 4.69) is 24.1 Å². The van der Waals surface area contributed by atoms with Gasteiger partial charge in [-0.15, -0.1) is 0 Å². The van der Waals surface area contributed by atoms with Crippen molar-refractivity contribution in [3.8, 4) is 0 Å². The van der Waals surface area contributed by atoms with Crippen LogP contribution in [0.5, 0.6) is 0 Å². The third-order valence-corrected chi connectivity index (χ3v) is 3.90. The summed E-state index contributed by atoms with van der Waals surface area (Å²) < 4.78 is 39.1. The molecule has 25 heavy (non-hydrogen) atoms. The molecule has 0 saturated heterocycles. The van der Waals surface area contributed by atoms with Crippen LogP contribution in [0.15, 0.2) is 48.5 Å². The highest BCUT2D eigenvalue weighted by Crippen LogP contribution is 2.32. The van der Waals surface area contributed by atoms with Crippen molar-refractivity contribution in [1.82, 2.24) is 0 Å². The molecule has 0 atom stereocenters. The van der Waals surface area contributed by atoms with E-state index < -0.39 is 23.2 Å². The molecular formula is C19H21F3N2O. The molecule has 6 heteroatoms. The first kappa shape index (κ1) is 18.8. The number of carbonyl (C=O) groups is 1. The molecule has 2 aromatic carbocycles. The lowest BCUT2D eigenvalue weighted by molar-refractivity contribution is -0.137. The first-order chi connectivity index (χ1) is 11.7. The fourth-order valence-electron chi connectivity index (χ4n) is 2.71. The van der Waals surface area contributed by atoms with Crippen molar-refractivity contribution in [3.63, 3.8) is 0 Å². The zero-order valence-corrected chi connectivity index (χ0v) is 14.4. The summed E-state index contributed by atoms with van der Waals surface area (Å²) >= 11 is 0. The van der Waals surface area contributed by atoms with E-state index in [0.717, 1.165) is 18.3 Å². The van der Waals surface area contributed by atoms with Crippen molar-refractivity contribution in [2.24, 2.45) is 0 Å². The maximum Gasteiger partial charge on any atom is 0.417 e. The molecule has 1 amide bonds. The molecule has 134 valence electrons. The highest BCUT2D eigenvalue weighted by molar-refractivity contribution is 6.05. The lowest BCUT2D eigenvalue weighted by atomic mass is 10.1. The second-order valence-electron chi connectivity index (χ2n) is 5.92. The number of carbonyl (C=O) groups excluding carboxylic acids is 1. The van der Waals surface area contributed by atoms with Gasteiger partial charge in [0.1, 0.15) is 0 Å². The molecule has 0 aliphatic carbocycles. The SMILES string of the molecule is CCN(c1ccc(NC(=O)c2ccccc2C(F)(F)F)cc1)C(C)C. The summed E-state index contributed by atoms with van der Waals surface area (Å²) in [6, 6.07) is 12.1. The molecule has 0 radical (unpaired) electrons. The highest BCUT2D eigenvalue weighted by Gasteiger charge is 2.34. The van der Waals surface area contributed by atoms with E-state index in [9.17, 15) is 18.0 Å². The van der Waals surface area contributed by atoms with Crippen molar-refractivity contribution < 1.29 is 18.0 Å². The number of halogens is 3. The number of hydrogen-bond donors (Lipinski definition) is 1. The fraction of sp³-hybridized carbons (Fsp3) is 0.316. The minimum Gasteiger partial charge on any atom is -0.369 e. The molecule has 0 unspecified atom stereocenters. The van der Waals surface area contributed by atoms with Gasteiger partial charge in [0.2, 0.25) is 0 Å². The van der Waals surface area contributed by atoms with Gasteiger partial charge in [0.25, 0.3) is 5.91 Å². The molecule has 0 heterocycles. The molecule has 1 N–H and O–H groups in total. The Morgan fingerprint density at radius 3 is 2.20 bits per heavy atom. The van der Waals surface area contributed by atoms with Gasteiger partial charge in [-0.25, -0.2) is 0 Å². The molecular weight excluding hydrogens is 329 g/mol. The van der Waals surface area contributed by atoms with Crippen LogP contribution in [-0.2, 0) is 6.18 Å². The van der Waals surface area contributed by atoms with Crippen LogP contribution in [0.2, 0.25) is 0 Å². The van der Waals surface area contributed by atoms with Crippen molar-refractivity contribution in [1.29, 1.82) is 0 Å². The van der Waals surface area contributed by atoms with E-state index in [0.29, 0.717) is 11.7 Å². The average molecular weight is 350 g/mol. The summed E-state index contributed by atoms with van der Waals surface area (Å²) in [7, 11) is 0. The summed E-state index contributed by atoms with van der Waals surface area (Å²) in [6.45, 7) is 7.03. The van der Waals surface area contributed by atoms with Gasteiger partial charge in [-0.1, -0.05) is 12.1 Å². The summed E-state index contributed by atoms with van der Waals surface area (Å²) in [5, 5.41) is 2.53. The molecule has 2 rings (SSSR count). The zero-order valence-electron chi connectivity index (χ0n) is 14.4. The summed E-state index contributed by atoms with van der Waals surface area (Å²) in [5.74, 6) is -0.781. The monoisotopic (exact) mass is 350 g/mol. The minimum absolute atomic E-state index is 0.323. The number of nitrogens with zero attached hydrogens (tertiary/aromatic N) is 1. The lowest BCUT2D eigenvalue weighted by Gasteiger charge is -2.27. The van der Waals surface area contributed by atoms with E-state index in [1.165, 1.54) is 18.2 Å². The Labute approximate surface area is 145 Å². The Morgan fingerprint density at radius 2 is 1.68 bits per heavy atom. The van der Waals surface area contributed by atoms with E-state index in [-0.39, 0.29) is 0 Å². The minimum atomic E-state index is -4.57. The predicted molar refractivity (Wildman–Crippen MR) is 94.0 cm³/mol. The van der Waals surface area contributed by atoms with E-state index in [4.69, 9.17) is 0 Å². The normalized spacial score (nSPS) is 11.5. The van der Waals surface area contributed by atoms with Crippen LogP contribution in [0, 0.1) is 0 Å². The Morgan fingerprint density at radius 1 is 1.08 bits per heavy atom. The number of anilines is 2. The number of rotatable bonds is 5. The van der Waals surface area contributed by atoms with Crippen molar-refractivity contribution in [2.75, 3.05) is 16.8 Å². The molecule has 0 spiro atoms. The Hall–Kier alpha value is -2.50. The Balaban J connectivity index is 2.20. The standard InChI is InChI=1S/C19H21F3N2O/c1-4-24(13(2)3)15-11-9-14(10-12-15)23-18(25)16-7-5-6-8-17(16)19(20,21)22/h5-13H,4H2,1-3H3,(H,23,25). The van der Waals surface area contributed by atoms with Gasteiger partial charge < -0.3 is 10.2 Å². The molecule has 2 aromatic rings. The third kappa shape index (κ3) is 4.53. The smallest absolute Gasteiger partial charge is 0.369 e. The molecule has 0 saturated carbocycles. The summed E-state index contributed by atoms with van der Waals surface area (Å²) in [6.07, 6.45) is -4.57. The number of hydrogen-bond acceptors (Lipinski definition) is 2. The number of nitrogens with one attached hydrogen (secondary N) is 1. The predicted octanol–water partition coefficient (Wildman–Crippen LogP) is 5.19. The van der Waals surface area contributed by atoms with E-state index in [1.54, 1.807) is 12.1 Å². The van der Waals surface area contributed by atoms with Crippen molar-refractivity contribution >= 4 is 17.3 Å². The molecule has 0 aliphatic rings. The van der Waals surface area contributed by atoms with Crippen LogP contribution in [-0.4, -0.2) is 18.5 Å². The van der Waals surface area contributed by atoms with Crippen LogP contribution in [0.1, 0.15) is 36.7 Å². The van der Waals surface area contributed by atoms with Crippen LogP contribution >= 0.6 is 0 Å². The first-order valence-corrected chi connectivity index (χ1v) is 8.08. The highest BCUT2D eigenvalue weighted by atomic mass is 19.4. The van der Waals surface area contributed by atoms with Gasteiger partial charge in [-0.05, 0) is 57.2 Å². The molecule has 3 nitrogen and oxygen atoms in total. The maximum absolute atomic E-state index is 13.0. The Kier molecular flexibility index (Phi) is 5.72. The summed E-state index contributed by atoms with van der Waals surface area (Å²) in [5.41, 5.74) is 0.106. The zero-order chi connectivity index (χ0) is 18.6. The van der Waals surface area contributed by atoms with Crippen LogP contribution < -0.4 is 10.2 Å². The topological polar surface area (TPSA) is 32.3 Å². The first-order valence-electron chi connectivity index (χ1n) is 8.08. The largest absolute Gasteiger partial charge is 0.417 e. The number of benzene rings is 2. The van der Waals surface area contributed by atoms with Gasteiger partial charge in [0, 0.05) is 24.0 Å². The molecule has 0 bridgehead atoms. The molecule has 0 aromatic heterocycles. The van der Waals surface area contributed by atoms with Crippen LogP contribution in [0.4, 0.5) is 24.5 Å². The van der Waals surface area contributed by atoms with Gasteiger partial charge >= 0.3 is 6.18 Å². The van der Waals surface area contributed by atoms with Crippen molar-refractivity contribution in [3.05, 3.63) is 59.7 Å². The second kappa shape index (κ2) is 7.59. The number of amides is 1. The van der Waals surface area contributed by atoms with E-state index in [1.807, 2.05) is 19.1 Å². The van der Waals surface area contributed by atoms with Gasteiger partial charge in [0.15, 0.2) is 0 Å².